The number of amides is 4. The first-order chi connectivity index (χ1) is 33.0. The molecule has 22 heteroatoms. The van der Waals surface area contributed by atoms with Crippen LogP contribution < -0.4 is 21.3 Å². The van der Waals surface area contributed by atoms with Gasteiger partial charge >= 0.3 is 0 Å². The lowest BCUT2D eigenvalue weighted by Crippen LogP contribution is -2.58. The fraction of sp³-hybridized carbons (Fsp3) is 0.522. The van der Waals surface area contributed by atoms with E-state index in [-0.39, 0.29) is 48.9 Å². The molecule has 6 unspecified atom stereocenters. The highest BCUT2D eigenvalue weighted by Crippen LogP contribution is 2.29. The van der Waals surface area contributed by atoms with Gasteiger partial charge in [-0.05, 0) is 148 Å². The van der Waals surface area contributed by atoms with Gasteiger partial charge in [0.2, 0.25) is 33.9 Å². The third-order valence-corrected chi connectivity index (χ3v) is 13.8. The Balaban J connectivity index is 1.04. The van der Waals surface area contributed by atoms with Crippen molar-refractivity contribution in [3.63, 3.8) is 0 Å². The van der Waals surface area contributed by atoms with Crippen LogP contribution in [0.1, 0.15) is 53.4 Å². The fourth-order valence-corrected chi connectivity index (χ4v) is 9.22. The summed E-state index contributed by atoms with van der Waals surface area (Å²) in [6.45, 7) is 8.54. The predicted molar refractivity (Wildman–Crippen MR) is 254 cm³/mol. The lowest BCUT2D eigenvalue weighted by Gasteiger charge is -2.32. The molecule has 4 aromatic rings. The molecule has 0 radical (unpaired) electrons. The van der Waals surface area contributed by atoms with Crippen molar-refractivity contribution in [2.45, 2.75) is 135 Å². The summed E-state index contributed by atoms with van der Waals surface area (Å²) in [4.78, 5) is 60.3. The summed E-state index contributed by atoms with van der Waals surface area (Å²) in [7, 11) is 3.34. The number of carbonyl (C=O) groups excluding carboxylic acids is 4. The van der Waals surface area contributed by atoms with E-state index < -0.39 is 36.4 Å². The molecule has 2 aromatic carbocycles. The van der Waals surface area contributed by atoms with Crippen LogP contribution >= 0.6 is 23.5 Å². The fourth-order valence-electron chi connectivity index (χ4n) is 7.62. The van der Waals surface area contributed by atoms with E-state index in [0.717, 1.165) is 35.5 Å². The van der Waals surface area contributed by atoms with E-state index in [1.54, 1.807) is 61.0 Å². The maximum absolute atomic E-state index is 14.2. The average Bonchev–Trinajstić information content (AvgIpc) is 4.20. The maximum atomic E-state index is 14.2. The minimum atomic E-state index is -0.993. The molecule has 8 atom stereocenters. The van der Waals surface area contributed by atoms with Gasteiger partial charge < -0.3 is 40.5 Å². The Morgan fingerprint density at radius 2 is 1.04 bits per heavy atom. The molecule has 6 rings (SSSR count). The van der Waals surface area contributed by atoms with Crippen molar-refractivity contribution in [1.29, 1.82) is 0 Å². The van der Waals surface area contributed by atoms with Gasteiger partial charge in [-0.25, -0.2) is 9.36 Å². The molecule has 2 aromatic heterocycles. The second-order valence-corrected chi connectivity index (χ2v) is 18.5. The molecular formula is C46H60N14O6S2. The van der Waals surface area contributed by atoms with Gasteiger partial charge in [-0.1, -0.05) is 48.2 Å². The highest BCUT2D eigenvalue weighted by Gasteiger charge is 2.39. The Hall–Kier alpha value is -5.88. The van der Waals surface area contributed by atoms with Gasteiger partial charge in [0.15, 0.2) is 0 Å². The lowest BCUT2D eigenvalue weighted by molar-refractivity contribution is -0.142. The average molecular weight is 969 g/mol. The first-order valence-electron chi connectivity index (χ1n) is 22.7. The van der Waals surface area contributed by atoms with Gasteiger partial charge in [0.1, 0.15) is 25.3 Å². The molecule has 2 fully saturated rings. The number of hydrogen-bond donors (Lipinski definition) is 4. The Labute approximate surface area is 405 Å². The number of likely N-dealkylation sites (tertiary alicyclic amines) is 2. The molecule has 362 valence electrons. The van der Waals surface area contributed by atoms with E-state index in [1.807, 2.05) is 60.7 Å². The number of nitrogens with zero attached hydrogens (tertiary/aromatic N) is 10. The minimum Gasteiger partial charge on any atom is -0.363 e. The van der Waals surface area contributed by atoms with E-state index >= 15 is 0 Å². The van der Waals surface area contributed by atoms with Crippen LogP contribution in [0.15, 0.2) is 80.8 Å². The zero-order valence-corrected chi connectivity index (χ0v) is 40.8. The summed E-state index contributed by atoms with van der Waals surface area (Å²) in [6.07, 6.45) is 1.58. The van der Waals surface area contributed by atoms with Crippen LogP contribution in [-0.4, -0.2) is 163 Å². The molecule has 2 aliphatic heterocycles. The number of nitrogens with one attached hydrogen (secondary N) is 4. The monoisotopic (exact) mass is 968 g/mol. The molecule has 0 saturated carbocycles. The molecule has 4 N–H and O–H groups in total. The first-order valence-corrected chi connectivity index (χ1v) is 24.3. The van der Waals surface area contributed by atoms with Gasteiger partial charge in [0.05, 0.1) is 49.5 Å². The highest BCUT2D eigenvalue weighted by molar-refractivity contribution is 7.99. The summed E-state index contributed by atoms with van der Waals surface area (Å²) >= 11 is 2.88. The molecule has 4 heterocycles. The Morgan fingerprint density at radius 3 is 1.43 bits per heavy atom. The van der Waals surface area contributed by atoms with Gasteiger partial charge in [-0.3, -0.25) is 19.2 Å². The zero-order chi connectivity index (χ0) is 48.4. The summed E-state index contributed by atoms with van der Waals surface area (Å²) in [5.41, 5.74) is 0. The molecule has 0 spiro atoms. The van der Waals surface area contributed by atoms with E-state index in [0.29, 0.717) is 36.5 Å². The van der Waals surface area contributed by atoms with Crippen LogP contribution in [-0.2, 0) is 41.7 Å². The van der Waals surface area contributed by atoms with Gasteiger partial charge in [-0.15, -0.1) is 10.2 Å². The van der Waals surface area contributed by atoms with E-state index in [4.69, 9.17) is 9.47 Å². The zero-order valence-electron chi connectivity index (χ0n) is 39.2. The van der Waals surface area contributed by atoms with Crippen molar-refractivity contribution in [2.24, 2.45) is 0 Å². The summed E-state index contributed by atoms with van der Waals surface area (Å²) in [6, 6.07) is 16.1. The maximum Gasteiger partial charge on any atom is 0.248 e. The molecule has 2 saturated heterocycles. The minimum absolute atomic E-state index is 0.0667. The number of hydrogen-bond acceptors (Lipinski definition) is 16. The van der Waals surface area contributed by atoms with Crippen molar-refractivity contribution in [2.75, 3.05) is 40.4 Å². The van der Waals surface area contributed by atoms with Crippen molar-refractivity contribution in [3.8, 4) is 23.7 Å². The van der Waals surface area contributed by atoms with Crippen molar-refractivity contribution in [1.82, 2.24) is 71.5 Å². The molecule has 20 nitrogen and oxygen atoms in total. The van der Waals surface area contributed by atoms with Crippen LogP contribution in [0, 0.1) is 23.7 Å². The normalized spacial score (nSPS) is 18.3. The van der Waals surface area contributed by atoms with E-state index in [2.05, 4.69) is 76.0 Å². The second-order valence-electron chi connectivity index (χ2n) is 16.4. The standard InChI is InChI=1S/C46H60N14O6S2/c1-31(47-5)41(61)49-39(43(63)57-25-17-19-35(57)29-59-45(51-53-55-59)67-37-21-11-9-12-22-37)33(3)65-27-15-7-8-16-28-66-34(4)40(50-42(62)32(2)48-6)44(64)58-26-18-20-36(58)30-60-46(52-54-56-60)68-38-23-13-10-14-24-38/h9-14,21-24,31-36,39-40,47-48H,17-20,25-30H2,1-6H3,(H,49,61)(H,50,62)/t31?,32?,33?,34?,35-,36-,39?,40?/m0/s1. The molecule has 0 bridgehead atoms. The third kappa shape index (κ3) is 14.3. The van der Waals surface area contributed by atoms with E-state index in [1.165, 1.54) is 23.5 Å². The molecular weight excluding hydrogens is 909 g/mol. The van der Waals surface area contributed by atoms with Gasteiger partial charge in [0.25, 0.3) is 0 Å². The van der Waals surface area contributed by atoms with Crippen molar-refractivity contribution >= 4 is 47.2 Å². The number of aromatic nitrogens is 8. The van der Waals surface area contributed by atoms with Crippen LogP contribution in [0.25, 0.3) is 0 Å². The van der Waals surface area contributed by atoms with Crippen LogP contribution in [0.3, 0.4) is 0 Å². The quantitative estimate of drug-likeness (QED) is 0.0822. The summed E-state index contributed by atoms with van der Waals surface area (Å²) < 4.78 is 15.5. The van der Waals surface area contributed by atoms with Crippen LogP contribution in [0.5, 0.6) is 0 Å². The van der Waals surface area contributed by atoms with Crippen LogP contribution in [0.4, 0.5) is 0 Å². The number of likely N-dealkylation sites (N-methyl/N-ethyl adjacent to an activating group) is 2. The van der Waals surface area contributed by atoms with Gasteiger partial charge in [0, 0.05) is 22.9 Å². The van der Waals surface area contributed by atoms with Crippen molar-refractivity contribution < 1.29 is 28.7 Å². The first kappa shape index (κ1) is 51.5. The molecule has 4 amide bonds. The largest absolute Gasteiger partial charge is 0.363 e. The molecule has 2 aliphatic rings. The van der Waals surface area contributed by atoms with E-state index in [9.17, 15) is 19.2 Å². The number of rotatable bonds is 22. The third-order valence-electron chi connectivity index (χ3n) is 11.8. The number of benzene rings is 2. The number of tetrazole rings is 2. The van der Waals surface area contributed by atoms with Crippen molar-refractivity contribution in [3.05, 3.63) is 60.7 Å². The van der Waals surface area contributed by atoms with Crippen LogP contribution in [0.2, 0.25) is 0 Å². The Bertz CT molecular complexity index is 2240. The highest BCUT2D eigenvalue weighted by atomic mass is 32.2. The SMILES string of the molecule is CNC(C)C(=O)NC(C(=O)N1CCC[C@H]1Cn1nnnc1Sc1ccccc1)C(C)OCC#CC#CCOC(C)C(NC(=O)C(C)NC)C(=O)N1CCC[C@H]1Cn1nnnc1Sc1ccccc1. The number of carbonyl (C=O) groups is 4. The Morgan fingerprint density at radius 1 is 0.647 bits per heavy atom. The lowest BCUT2D eigenvalue weighted by atomic mass is 10.1. The smallest absolute Gasteiger partial charge is 0.248 e. The Kier molecular flexibility index (Phi) is 19.7. The van der Waals surface area contributed by atoms with Gasteiger partial charge in [-0.2, -0.15) is 0 Å². The number of ether oxygens (including phenoxy) is 2. The summed E-state index contributed by atoms with van der Waals surface area (Å²) in [5, 5.41) is 37.5. The molecule has 68 heavy (non-hydrogen) atoms. The summed E-state index contributed by atoms with van der Waals surface area (Å²) in [5.74, 6) is 10.00. The second kappa shape index (κ2) is 26.0. The molecule has 0 aliphatic carbocycles. The predicted octanol–water partition coefficient (Wildman–Crippen LogP) is 1.65. The topological polar surface area (TPSA) is 229 Å².